The van der Waals surface area contributed by atoms with E-state index in [0.29, 0.717) is 12.5 Å². The van der Waals surface area contributed by atoms with Crippen LogP contribution >= 0.6 is 0 Å². The maximum absolute atomic E-state index is 11.0. The summed E-state index contributed by atoms with van der Waals surface area (Å²) in [6, 6.07) is 0. The van der Waals surface area contributed by atoms with E-state index in [0.717, 1.165) is 6.42 Å². The molecular weight excluding hydrogens is 130 g/mol. The smallest absolute Gasteiger partial charge is 0.223 e. The Labute approximate surface area is 60.4 Å². The lowest BCUT2D eigenvalue weighted by atomic mass is 10.3. The molecule has 0 unspecified atom stereocenters. The van der Waals surface area contributed by atoms with Crippen LogP contribution in [0.5, 0.6) is 0 Å². The highest BCUT2D eigenvalue weighted by atomic mass is 16.3. The summed E-state index contributed by atoms with van der Waals surface area (Å²) in [6.45, 7) is 2.48. The summed E-state index contributed by atoms with van der Waals surface area (Å²) in [6.07, 6.45) is 1.01. The van der Waals surface area contributed by atoms with Crippen LogP contribution in [0.15, 0.2) is 0 Å². The third-order valence-electron chi connectivity index (χ3n) is 1.86. The second kappa shape index (κ2) is 3.01. The van der Waals surface area contributed by atoms with Gasteiger partial charge < -0.3 is 10.4 Å². The van der Waals surface area contributed by atoms with E-state index in [-0.39, 0.29) is 18.4 Å². The SMILES string of the molecule is C[C@H]1C[C@@H]1C(=O)NCCO. The minimum absolute atomic E-state index is 0.0346. The predicted molar refractivity (Wildman–Crippen MR) is 37.4 cm³/mol. The van der Waals surface area contributed by atoms with Gasteiger partial charge in [-0.1, -0.05) is 6.92 Å². The third kappa shape index (κ3) is 1.70. The molecular formula is C7H13NO2. The number of carbonyl (C=O) groups is 1. The fourth-order valence-electron chi connectivity index (χ4n) is 0.998. The van der Waals surface area contributed by atoms with E-state index in [1.165, 1.54) is 0 Å². The van der Waals surface area contributed by atoms with E-state index in [2.05, 4.69) is 12.2 Å². The highest BCUT2D eigenvalue weighted by Gasteiger charge is 2.38. The van der Waals surface area contributed by atoms with Crippen LogP contribution in [-0.4, -0.2) is 24.2 Å². The molecule has 10 heavy (non-hydrogen) atoms. The number of amides is 1. The molecule has 1 aliphatic carbocycles. The van der Waals surface area contributed by atoms with Gasteiger partial charge in [0.2, 0.25) is 5.91 Å². The number of hydrogen-bond donors (Lipinski definition) is 2. The summed E-state index contributed by atoms with van der Waals surface area (Å²) in [4.78, 5) is 11.0. The van der Waals surface area contributed by atoms with E-state index < -0.39 is 0 Å². The summed E-state index contributed by atoms with van der Waals surface area (Å²) < 4.78 is 0. The molecule has 1 aliphatic rings. The van der Waals surface area contributed by atoms with E-state index in [4.69, 9.17) is 5.11 Å². The minimum atomic E-state index is 0.0346. The van der Waals surface area contributed by atoms with Crippen molar-refractivity contribution in [2.24, 2.45) is 11.8 Å². The van der Waals surface area contributed by atoms with Crippen molar-refractivity contribution in [2.75, 3.05) is 13.2 Å². The largest absolute Gasteiger partial charge is 0.395 e. The molecule has 1 fully saturated rings. The van der Waals surface area contributed by atoms with Crippen LogP contribution in [0.1, 0.15) is 13.3 Å². The molecule has 0 bridgehead atoms. The van der Waals surface area contributed by atoms with E-state index >= 15 is 0 Å². The highest BCUT2D eigenvalue weighted by Crippen LogP contribution is 2.37. The molecule has 0 radical (unpaired) electrons. The minimum Gasteiger partial charge on any atom is -0.395 e. The van der Waals surface area contributed by atoms with Crippen molar-refractivity contribution >= 4 is 5.91 Å². The Bertz CT molecular complexity index is 136. The van der Waals surface area contributed by atoms with E-state index in [1.807, 2.05) is 0 Å². The van der Waals surface area contributed by atoms with Gasteiger partial charge in [0.1, 0.15) is 0 Å². The lowest BCUT2D eigenvalue weighted by Gasteiger charge is -1.99. The van der Waals surface area contributed by atoms with Crippen LogP contribution in [0.25, 0.3) is 0 Å². The summed E-state index contributed by atoms with van der Waals surface area (Å²) >= 11 is 0. The average molecular weight is 143 g/mol. The zero-order valence-electron chi connectivity index (χ0n) is 6.13. The van der Waals surface area contributed by atoms with Crippen LogP contribution in [0.4, 0.5) is 0 Å². The molecule has 2 N–H and O–H groups in total. The van der Waals surface area contributed by atoms with Gasteiger partial charge in [0.05, 0.1) is 6.61 Å². The lowest BCUT2D eigenvalue weighted by Crippen LogP contribution is -2.28. The Morgan fingerprint density at radius 3 is 2.80 bits per heavy atom. The van der Waals surface area contributed by atoms with Crippen LogP contribution in [0.2, 0.25) is 0 Å². The maximum atomic E-state index is 11.0. The molecule has 58 valence electrons. The molecule has 0 aromatic rings. The molecule has 3 nitrogen and oxygen atoms in total. The molecule has 0 spiro atoms. The Balaban J connectivity index is 2.11. The van der Waals surface area contributed by atoms with Gasteiger partial charge in [-0.15, -0.1) is 0 Å². The van der Waals surface area contributed by atoms with Crippen molar-refractivity contribution in [1.82, 2.24) is 5.32 Å². The first-order chi connectivity index (χ1) is 4.75. The van der Waals surface area contributed by atoms with Crippen molar-refractivity contribution in [3.05, 3.63) is 0 Å². The van der Waals surface area contributed by atoms with Crippen molar-refractivity contribution in [1.29, 1.82) is 0 Å². The topological polar surface area (TPSA) is 49.3 Å². The number of carbonyl (C=O) groups excluding carboxylic acids is 1. The summed E-state index contributed by atoms with van der Waals surface area (Å²) in [5, 5.41) is 11.0. The van der Waals surface area contributed by atoms with E-state index in [1.54, 1.807) is 0 Å². The van der Waals surface area contributed by atoms with Crippen molar-refractivity contribution in [3.63, 3.8) is 0 Å². The fourth-order valence-corrected chi connectivity index (χ4v) is 0.998. The lowest BCUT2D eigenvalue weighted by molar-refractivity contribution is -0.122. The second-order valence-corrected chi connectivity index (χ2v) is 2.83. The quantitative estimate of drug-likeness (QED) is 0.572. The fraction of sp³-hybridized carbons (Fsp3) is 0.857. The van der Waals surface area contributed by atoms with Gasteiger partial charge in [-0.25, -0.2) is 0 Å². The molecule has 0 aromatic carbocycles. The first-order valence-corrected chi connectivity index (χ1v) is 3.64. The van der Waals surface area contributed by atoms with Crippen molar-refractivity contribution in [2.45, 2.75) is 13.3 Å². The van der Waals surface area contributed by atoms with Crippen LogP contribution in [0.3, 0.4) is 0 Å². The van der Waals surface area contributed by atoms with Crippen molar-refractivity contribution < 1.29 is 9.90 Å². The predicted octanol–water partition coefficient (Wildman–Crippen LogP) is -0.249. The van der Waals surface area contributed by atoms with Crippen LogP contribution in [-0.2, 0) is 4.79 Å². The Morgan fingerprint density at radius 1 is 1.80 bits per heavy atom. The second-order valence-electron chi connectivity index (χ2n) is 2.83. The average Bonchev–Trinajstić information content (AvgIpc) is 2.62. The van der Waals surface area contributed by atoms with E-state index in [9.17, 15) is 4.79 Å². The van der Waals surface area contributed by atoms with Gasteiger partial charge in [0, 0.05) is 12.5 Å². The van der Waals surface area contributed by atoms with Crippen molar-refractivity contribution in [3.8, 4) is 0 Å². The summed E-state index contributed by atoms with van der Waals surface area (Å²) in [5.41, 5.74) is 0. The zero-order valence-corrected chi connectivity index (χ0v) is 6.13. The highest BCUT2D eigenvalue weighted by molar-refractivity contribution is 5.81. The molecule has 0 aromatic heterocycles. The third-order valence-corrected chi connectivity index (χ3v) is 1.86. The monoisotopic (exact) mass is 143 g/mol. The first-order valence-electron chi connectivity index (χ1n) is 3.64. The Morgan fingerprint density at radius 2 is 2.40 bits per heavy atom. The number of rotatable bonds is 3. The molecule has 0 aliphatic heterocycles. The number of aliphatic hydroxyl groups excluding tert-OH is 1. The summed E-state index contributed by atoms with van der Waals surface area (Å²) in [7, 11) is 0. The number of hydrogen-bond acceptors (Lipinski definition) is 2. The van der Waals surface area contributed by atoms with Gasteiger partial charge in [-0.05, 0) is 12.3 Å². The molecule has 3 heteroatoms. The molecule has 2 atom stereocenters. The molecule has 0 saturated heterocycles. The van der Waals surface area contributed by atoms with Crippen LogP contribution in [0, 0.1) is 11.8 Å². The first kappa shape index (κ1) is 7.54. The molecule has 1 saturated carbocycles. The molecule has 0 heterocycles. The Kier molecular flexibility index (Phi) is 2.27. The standard InChI is InChI=1S/C7H13NO2/c1-5-4-6(5)7(10)8-2-3-9/h5-6,9H,2-4H2,1H3,(H,8,10)/t5-,6-/m0/s1. The summed E-state index contributed by atoms with van der Waals surface area (Å²) in [5.74, 6) is 0.881. The van der Waals surface area contributed by atoms with Gasteiger partial charge in [0.15, 0.2) is 0 Å². The Hall–Kier alpha value is -0.570. The zero-order chi connectivity index (χ0) is 7.56. The normalized spacial score (nSPS) is 29.8. The van der Waals surface area contributed by atoms with Crippen LogP contribution < -0.4 is 5.32 Å². The maximum Gasteiger partial charge on any atom is 0.223 e. The molecule has 1 rings (SSSR count). The number of nitrogens with one attached hydrogen (secondary N) is 1. The molecule has 1 amide bonds. The van der Waals surface area contributed by atoms with Gasteiger partial charge in [-0.2, -0.15) is 0 Å². The van der Waals surface area contributed by atoms with Gasteiger partial charge in [-0.3, -0.25) is 4.79 Å². The number of aliphatic hydroxyl groups is 1. The van der Waals surface area contributed by atoms with Gasteiger partial charge >= 0.3 is 0 Å². The van der Waals surface area contributed by atoms with Gasteiger partial charge in [0.25, 0.3) is 0 Å².